The first-order valence-electron chi connectivity index (χ1n) is 6.83. The van der Waals surface area contributed by atoms with E-state index in [1.165, 1.54) is 11.8 Å². The molecule has 6 heteroatoms. The fourth-order valence-corrected chi connectivity index (χ4v) is 2.64. The van der Waals surface area contributed by atoms with Gasteiger partial charge in [-0.3, -0.25) is 4.79 Å². The number of aryl methyl sites for hydroxylation is 1. The molecule has 1 aromatic rings. The smallest absolute Gasteiger partial charge is 0.230 e. The van der Waals surface area contributed by atoms with E-state index in [0.29, 0.717) is 17.2 Å². The first-order valence-corrected chi connectivity index (χ1v) is 7.82. The molecule has 21 heavy (non-hydrogen) atoms. The third-order valence-electron chi connectivity index (χ3n) is 2.97. The van der Waals surface area contributed by atoms with E-state index < -0.39 is 0 Å². The SMILES string of the molecule is CC[C@@H](C)NC(=O)CSc1nc(C)cc(COC)c1C#N. The van der Waals surface area contributed by atoms with Crippen LogP contribution in [-0.4, -0.2) is 29.8 Å². The van der Waals surface area contributed by atoms with Gasteiger partial charge < -0.3 is 10.1 Å². The number of nitrogens with zero attached hydrogens (tertiary/aromatic N) is 2. The number of hydrogen-bond acceptors (Lipinski definition) is 5. The van der Waals surface area contributed by atoms with E-state index in [4.69, 9.17) is 4.74 Å². The zero-order valence-corrected chi connectivity index (χ0v) is 13.7. The summed E-state index contributed by atoms with van der Waals surface area (Å²) in [6.45, 7) is 6.21. The summed E-state index contributed by atoms with van der Waals surface area (Å²) >= 11 is 1.29. The van der Waals surface area contributed by atoms with Gasteiger partial charge in [-0.2, -0.15) is 5.26 Å². The van der Waals surface area contributed by atoms with Crippen LogP contribution in [0.25, 0.3) is 0 Å². The molecule has 1 amide bonds. The van der Waals surface area contributed by atoms with Crippen molar-refractivity contribution in [3.63, 3.8) is 0 Å². The fourth-order valence-electron chi connectivity index (χ4n) is 1.76. The molecule has 0 aliphatic carbocycles. The molecular weight excluding hydrogens is 286 g/mol. The Morgan fingerprint density at radius 3 is 2.90 bits per heavy atom. The second-order valence-corrected chi connectivity index (χ2v) is 5.78. The molecule has 0 fully saturated rings. The number of nitriles is 1. The molecule has 0 spiro atoms. The molecular formula is C15H21N3O2S. The zero-order valence-electron chi connectivity index (χ0n) is 12.9. The number of hydrogen-bond donors (Lipinski definition) is 1. The molecule has 1 heterocycles. The Labute approximate surface area is 130 Å². The highest BCUT2D eigenvalue weighted by Gasteiger charge is 2.14. The number of carbonyl (C=O) groups excluding carboxylic acids is 1. The minimum absolute atomic E-state index is 0.0464. The second kappa shape index (κ2) is 8.65. The van der Waals surface area contributed by atoms with Gasteiger partial charge >= 0.3 is 0 Å². The molecule has 1 aromatic heterocycles. The van der Waals surface area contributed by atoms with E-state index in [2.05, 4.69) is 16.4 Å². The van der Waals surface area contributed by atoms with Gasteiger partial charge in [-0.1, -0.05) is 18.7 Å². The molecule has 0 bridgehead atoms. The van der Waals surface area contributed by atoms with Crippen molar-refractivity contribution in [2.24, 2.45) is 0 Å². The lowest BCUT2D eigenvalue weighted by molar-refractivity contribution is -0.119. The minimum atomic E-state index is -0.0464. The monoisotopic (exact) mass is 307 g/mol. The van der Waals surface area contributed by atoms with E-state index in [9.17, 15) is 10.1 Å². The van der Waals surface area contributed by atoms with E-state index in [1.54, 1.807) is 7.11 Å². The highest BCUT2D eigenvalue weighted by Crippen LogP contribution is 2.24. The van der Waals surface area contributed by atoms with Crippen LogP contribution in [0.1, 0.15) is 37.1 Å². The fraction of sp³-hybridized carbons (Fsp3) is 0.533. The van der Waals surface area contributed by atoms with Gasteiger partial charge in [-0.15, -0.1) is 0 Å². The first-order chi connectivity index (χ1) is 10.0. The molecule has 0 aromatic carbocycles. The van der Waals surface area contributed by atoms with E-state index in [1.807, 2.05) is 26.8 Å². The average Bonchev–Trinajstić information content (AvgIpc) is 2.45. The number of aromatic nitrogens is 1. The molecule has 0 aliphatic rings. The van der Waals surface area contributed by atoms with Crippen LogP contribution >= 0.6 is 11.8 Å². The Morgan fingerprint density at radius 2 is 2.33 bits per heavy atom. The summed E-state index contributed by atoms with van der Waals surface area (Å²) in [5.74, 6) is 0.205. The summed E-state index contributed by atoms with van der Waals surface area (Å²) in [5, 5.41) is 12.8. The van der Waals surface area contributed by atoms with E-state index >= 15 is 0 Å². The number of nitrogens with one attached hydrogen (secondary N) is 1. The first kappa shape index (κ1) is 17.5. The van der Waals surface area contributed by atoms with Crippen LogP contribution in [0.4, 0.5) is 0 Å². The van der Waals surface area contributed by atoms with Crippen molar-refractivity contribution in [1.82, 2.24) is 10.3 Å². The lowest BCUT2D eigenvalue weighted by Gasteiger charge is -2.12. The number of thioether (sulfide) groups is 1. The summed E-state index contributed by atoms with van der Waals surface area (Å²) in [7, 11) is 1.59. The summed E-state index contributed by atoms with van der Waals surface area (Å²) in [6.07, 6.45) is 0.889. The third kappa shape index (κ3) is 5.37. The average molecular weight is 307 g/mol. The van der Waals surface area contributed by atoms with Crippen molar-refractivity contribution >= 4 is 17.7 Å². The van der Waals surface area contributed by atoms with Crippen LogP contribution in [0.15, 0.2) is 11.1 Å². The molecule has 0 aliphatic heterocycles. The Kier molecular flexibility index (Phi) is 7.20. The second-order valence-electron chi connectivity index (χ2n) is 4.81. The van der Waals surface area contributed by atoms with Crippen molar-refractivity contribution in [1.29, 1.82) is 5.26 Å². The normalized spacial score (nSPS) is 11.8. The predicted octanol–water partition coefficient (Wildman–Crippen LogP) is 2.41. The van der Waals surface area contributed by atoms with Crippen LogP contribution < -0.4 is 5.32 Å². The third-order valence-corrected chi connectivity index (χ3v) is 3.94. The highest BCUT2D eigenvalue weighted by molar-refractivity contribution is 8.00. The molecule has 1 N–H and O–H groups in total. The molecule has 0 radical (unpaired) electrons. The largest absolute Gasteiger partial charge is 0.380 e. The maximum absolute atomic E-state index is 11.8. The Morgan fingerprint density at radius 1 is 1.62 bits per heavy atom. The van der Waals surface area contributed by atoms with Crippen molar-refractivity contribution in [2.75, 3.05) is 12.9 Å². The van der Waals surface area contributed by atoms with Gasteiger partial charge in [-0.25, -0.2) is 4.98 Å². The molecule has 114 valence electrons. The number of carbonyl (C=O) groups is 1. The van der Waals surface area contributed by atoms with Crippen LogP contribution in [-0.2, 0) is 16.1 Å². The van der Waals surface area contributed by atoms with E-state index in [-0.39, 0.29) is 17.7 Å². The van der Waals surface area contributed by atoms with Gasteiger partial charge in [0.25, 0.3) is 0 Å². The zero-order chi connectivity index (χ0) is 15.8. The predicted molar refractivity (Wildman–Crippen MR) is 83.0 cm³/mol. The van der Waals surface area contributed by atoms with Crippen molar-refractivity contribution in [3.05, 3.63) is 22.9 Å². The van der Waals surface area contributed by atoms with Gasteiger partial charge in [0.05, 0.1) is 17.9 Å². The Bertz CT molecular complexity index is 540. The number of ether oxygens (including phenoxy) is 1. The summed E-state index contributed by atoms with van der Waals surface area (Å²) in [6, 6.07) is 4.15. The lowest BCUT2D eigenvalue weighted by atomic mass is 10.1. The summed E-state index contributed by atoms with van der Waals surface area (Å²) < 4.78 is 5.11. The maximum atomic E-state index is 11.8. The highest BCUT2D eigenvalue weighted by atomic mass is 32.2. The number of amides is 1. The van der Waals surface area contributed by atoms with Gasteiger partial charge in [0, 0.05) is 18.8 Å². The quantitative estimate of drug-likeness (QED) is 0.783. The molecule has 0 saturated carbocycles. The van der Waals surface area contributed by atoms with Crippen molar-refractivity contribution < 1.29 is 9.53 Å². The number of rotatable bonds is 7. The molecule has 0 unspecified atom stereocenters. The molecule has 0 saturated heterocycles. The lowest BCUT2D eigenvalue weighted by Crippen LogP contribution is -2.33. The van der Waals surface area contributed by atoms with Crippen LogP contribution in [0.2, 0.25) is 0 Å². The van der Waals surface area contributed by atoms with Gasteiger partial charge in [0.2, 0.25) is 5.91 Å². The Hall–Kier alpha value is -1.58. The molecule has 1 rings (SSSR count). The van der Waals surface area contributed by atoms with Crippen LogP contribution in [0.5, 0.6) is 0 Å². The van der Waals surface area contributed by atoms with Crippen LogP contribution in [0, 0.1) is 18.3 Å². The molecule has 1 atom stereocenters. The number of methoxy groups -OCH3 is 1. The summed E-state index contributed by atoms with van der Waals surface area (Å²) in [5.41, 5.74) is 2.10. The number of pyridine rings is 1. The standard InChI is InChI=1S/C15H21N3O2S/c1-5-10(2)17-14(19)9-21-15-13(7-16)12(8-20-4)6-11(3)18-15/h6,10H,5,8-9H2,1-4H3,(H,17,19)/t10-/m1/s1. The van der Waals surface area contributed by atoms with Crippen molar-refractivity contribution in [2.45, 2.75) is 44.9 Å². The van der Waals surface area contributed by atoms with Gasteiger partial charge in [0.15, 0.2) is 0 Å². The van der Waals surface area contributed by atoms with Gasteiger partial charge in [0.1, 0.15) is 11.1 Å². The molecule has 5 nitrogen and oxygen atoms in total. The minimum Gasteiger partial charge on any atom is -0.380 e. The Balaban J connectivity index is 2.83. The van der Waals surface area contributed by atoms with Crippen molar-refractivity contribution in [3.8, 4) is 6.07 Å². The summed E-state index contributed by atoms with van der Waals surface area (Å²) in [4.78, 5) is 16.2. The van der Waals surface area contributed by atoms with E-state index in [0.717, 1.165) is 17.7 Å². The van der Waals surface area contributed by atoms with Gasteiger partial charge in [-0.05, 0) is 31.9 Å². The van der Waals surface area contributed by atoms with Crippen LogP contribution in [0.3, 0.4) is 0 Å². The maximum Gasteiger partial charge on any atom is 0.230 e. The topological polar surface area (TPSA) is 75.0 Å².